The second-order valence-electron chi connectivity index (χ2n) is 10.4. The molecule has 2 aromatic carbocycles. The van der Waals surface area contributed by atoms with Gasteiger partial charge in [0.2, 0.25) is 5.91 Å². The number of nitrogens with one attached hydrogen (secondary N) is 2. The molecule has 2 N–H and O–H groups in total. The fourth-order valence-corrected chi connectivity index (χ4v) is 5.20. The minimum absolute atomic E-state index is 0.0441. The summed E-state index contributed by atoms with van der Waals surface area (Å²) in [6.07, 6.45) is 5.50. The maximum atomic E-state index is 13.3. The molecule has 10 nitrogen and oxygen atoms in total. The van der Waals surface area contributed by atoms with E-state index in [1.54, 1.807) is 36.3 Å². The highest BCUT2D eigenvalue weighted by molar-refractivity contribution is 6.37. The first kappa shape index (κ1) is 26.3. The zero-order chi connectivity index (χ0) is 28.5. The van der Waals surface area contributed by atoms with Gasteiger partial charge in [0, 0.05) is 74.3 Å². The Labute approximate surface area is 238 Å². The lowest BCUT2D eigenvalue weighted by atomic mass is 10.00. The highest BCUT2D eigenvalue weighted by atomic mass is 16.2. The second-order valence-corrected chi connectivity index (χ2v) is 10.4. The van der Waals surface area contributed by atoms with Gasteiger partial charge in [-0.2, -0.15) is 5.26 Å². The van der Waals surface area contributed by atoms with E-state index < -0.39 is 0 Å². The van der Waals surface area contributed by atoms with Gasteiger partial charge in [-0.25, -0.2) is 4.98 Å². The number of hydrogen-bond acceptors (Lipinski definition) is 7. The van der Waals surface area contributed by atoms with Gasteiger partial charge in [-0.15, -0.1) is 0 Å². The number of imidazole rings is 1. The van der Waals surface area contributed by atoms with Crippen LogP contribution in [0.4, 0.5) is 17.1 Å². The molecule has 2 amide bonds. The number of hydrogen-bond donors (Lipinski definition) is 2. The summed E-state index contributed by atoms with van der Waals surface area (Å²) in [6, 6.07) is 18.7. The first-order chi connectivity index (χ1) is 19.9. The highest BCUT2D eigenvalue weighted by Gasteiger charge is 2.29. The van der Waals surface area contributed by atoms with E-state index in [0.29, 0.717) is 34.6 Å². The van der Waals surface area contributed by atoms with Gasteiger partial charge in [-0.3, -0.25) is 14.5 Å². The Bertz CT molecular complexity index is 1710. The molecule has 0 aliphatic carbocycles. The molecule has 0 radical (unpaired) electrons. The number of carbonyl (C=O) groups excluding carboxylic acids is 2. The minimum Gasteiger partial charge on any atom is -0.354 e. The fourth-order valence-electron chi connectivity index (χ4n) is 5.20. The molecule has 2 aliphatic heterocycles. The Hall–Kier alpha value is -4.98. The summed E-state index contributed by atoms with van der Waals surface area (Å²) >= 11 is 0. The van der Waals surface area contributed by atoms with Gasteiger partial charge in [0.05, 0.1) is 35.1 Å². The van der Waals surface area contributed by atoms with Gasteiger partial charge in [-0.05, 0) is 55.6 Å². The van der Waals surface area contributed by atoms with Crippen LogP contribution >= 0.6 is 0 Å². The number of nitrogens with zero attached hydrogens (tertiary/aromatic N) is 6. The molecular weight excluding hydrogens is 516 g/mol. The van der Waals surface area contributed by atoms with Crippen molar-refractivity contribution in [3.63, 3.8) is 0 Å². The summed E-state index contributed by atoms with van der Waals surface area (Å²) < 4.78 is 1.90. The first-order valence-corrected chi connectivity index (χ1v) is 13.5. The van der Waals surface area contributed by atoms with Gasteiger partial charge in [0.1, 0.15) is 5.65 Å². The molecule has 6 rings (SSSR count). The SMILES string of the molecule is CN1CCN(CC(=O)N(C)c2ccc(NC(=C3C(=O)Nc4cc(C#N)ccc43)c3ccc4nccn4c3)cc2)CC1. The molecular formula is C31H30N8O2. The number of fused-ring (bicyclic) bond motifs is 2. The number of aromatic nitrogens is 2. The summed E-state index contributed by atoms with van der Waals surface area (Å²) in [4.78, 5) is 36.7. The van der Waals surface area contributed by atoms with Crippen LogP contribution in [0, 0.1) is 11.3 Å². The van der Waals surface area contributed by atoms with Crippen molar-refractivity contribution in [2.45, 2.75) is 0 Å². The van der Waals surface area contributed by atoms with E-state index in [1.165, 1.54) is 0 Å². The third kappa shape index (κ3) is 5.28. The number of nitriles is 1. The van der Waals surface area contributed by atoms with E-state index in [-0.39, 0.29) is 11.8 Å². The smallest absolute Gasteiger partial charge is 0.258 e. The van der Waals surface area contributed by atoms with E-state index in [0.717, 1.165) is 48.8 Å². The summed E-state index contributed by atoms with van der Waals surface area (Å²) in [5.74, 6) is -0.211. The summed E-state index contributed by atoms with van der Waals surface area (Å²) in [5.41, 5.74) is 6.02. The van der Waals surface area contributed by atoms with Crippen LogP contribution in [0.25, 0.3) is 16.9 Å². The molecule has 4 aromatic rings. The summed E-state index contributed by atoms with van der Waals surface area (Å²) in [7, 11) is 3.89. The largest absolute Gasteiger partial charge is 0.354 e. The molecule has 1 saturated heterocycles. The van der Waals surface area contributed by atoms with Crippen LogP contribution in [0.5, 0.6) is 0 Å². The van der Waals surface area contributed by atoms with Crippen molar-refractivity contribution in [1.82, 2.24) is 19.2 Å². The first-order valence-electron chi connectivity index (χ1n) is 13.5. The molecule has 41 heavy (non-hydrogen) atoms. The zero-order valence-electron chi connectivity index (χ0n) is 23.0. The van der Waals surface area contributed by atoms with Crippen LogP contribution in [0.1, 0.15) is 16.7 Å². The number of amides is 2. The van der Waals surface area contributed by atoms with E-state index in [9.17, 15) is 14.9 Å². The maximum Gasteiger partial charge on any atom is 0.258 e. The van der Waals surface area contributed by atoms with Crippen molar-refractivity contribution in [2.75, 3.05) is 62.4 Å². The van der Waals surface area contributed by atoms with Gasteiger partial charge < -0.3 is 24.8 Å². The molecule has 10 heteroatoms. The normalized spacial score (nSPS) is 16.7. The topological polar surface area (TPSA) is 109 Å². The van der Waals surface area contributed by atoms with E-state index in [2.05, 4.69) is 38.5 Å². The lowest BCUT2D eigenvalue weighted by Crippen LogP contribution is -2.48. The predicted molar refractivity (Wildman–Crippen MR) is 159 cm³/mol. The number of carbonyl (C=O) groups is 2. The van der Waals surface area contributed by atoms with Gasteiger partial charge >= 0.3 is 0 Å². The van der Waals surface area contributed by atoms with Crippen molar-refractivity contribution < 1.29 is 9.59 Å². The molecule has 0 bridgehead atoms. The Morgan fingerprint density at radius 1 is 1.10 bits per heavy atom. The number of likely N-dealkylation sites (N-methyl/N-ethyl adjacent to an activating group) is 2. The average molecular weight is 547 g/mol. The Kier molecular flexibility index (Phi) is 6.97. The van der Waals surface area contributed by atoms with Crippen LogP contribution in [-0.2, 0) is 9.59 Å². The van der Waals surface area contributed by atoms with Crippen LogP contribution in [0.2, 0.25) is 0 Å². The number of rotatable bonds is 6. The van der Waals surface area contributed by atoms with Crippen molar-refractivity contribution in [1.29, 1.82) is 5.26 Å². The van der Waals surface area contributed by atoms with Crippen molar-refractivity contribution in [3.8, 4) is 6.07 Å². The van der Waals surface area contributed by atoms with Crippen LogP contribution < -0.4 is 15.5 Å². The molecule has 0 saturated carbocycles. The number of anilines is 3. The quantitative estimate of drug-likeness (QED) is 0.357. The predicted octanol–water partition coefficient (Wildman–Crippen LogP) is 3.35. The third-order valence-corrected chi connectivity index (χ3v) is 7.67. The third-order valence-electron chi connectivity index (χ3n) is 7.67. The van der Waals surface area contributed by atoms with Crippen LogP contribution in [0.15, 0.2) is 73.2 Å². The molecule has 4 heterocycles. The standard InChI is InChI=1S/C31H30N8O2/c1-36-13-15-38(16-14-36)20-28(40)37(2)24-7-5-23(6-8-24)34-30(22-4-10-27-33-11-12-39(27)19-22)29-25-9-3-21(18-32)17-26(25)35-31(29)41/h3-12,17,19,34H,13-16,20H2,1-2H3,(H,35,41). The van der Waals surface area contributed by atoms with Gasteiger partial charge in [0.25, 0.3) is 5.91 Å². The summed E-state index contributed by atoms with van der Waals surface area (Å²) in [5, 5.41) is 15.7. The molecule has 1 fully saturated rings. The number of piperazine rings is 1. The van der Waals surface area contributed by atoms with E-state index in [4.69, 9.17) is 0 Å². The van der Waals surface area contributed by atoms with Crippen LogP contribution in [0.3, 0.4) is 0 Å². The lowest BCUT2D eigenvalue weighted by molar-refractivity contribution is -0.119. The maximum absolute atomic E-state index is 13.3. The monoisotopic (exact) mass is 546 g/mol. The zero-order valence-corrected chi connectivity index (χ0v) is 23.0. The molecule has 0 unspecified atom stereocenters. The number of pyridine rings is 1. The molecule has 0 spiro atoms. The van der Waals surface area contributed by atoms with Crippen molar-refractivity contribution in [2.24, 2.45) is 0 Å². The molecule has 206 valence electrons. The fraction of sp³-hybridized carbons (Fsp3) is 0.226. The Balaban J connectivity index is 1.30. The van der Waals surface area contributed by atoms with E-state index >= 15 is 0 Å². The average Bonchev–Trinajstić information content (AvgIpc) is 3.59. The van der Waals surface area contributed by atoms with E-state index in [1.807, 2.05) is 53.2 Å². The summed E-state index contributed by atoms with van der Waals surface area (Å²) in [6.45, 7) is 4.08. The molecule has 2 aromatic heterocycles. The molecule has 2 aliphatic rings. The minimum atomic E-state index is -0.255. The number of benzene rings is 2. The lowest BCUT2D eigenvalue weighted by Gasteiger charge is -2.32. The highest BCUT2D eigenvalue weighted by Crippen LogP contribution is 2.38. The van der Waals surface area contributed by atoms with Gasteiger partial charge in [0.15, 0.2) is 0 Å². The van der Waals surface area contributed by atoms with Crippen molar-refractivity contribution >= 4 is 45.8 Å². The molecule has 0 atom stereocenters. The second kappa shape index (κ2) is 10.9. The Morgan fingerprint density at radius 2 is 1.88 bits per heavy atom. The van der Waals surface area contributed by atoms with Crippen LogP contribution in [-0.4, -0.2) is 77.8 Å². The Morgan fingerprint density at radius 3 is 2.63 bits per heavy atom. The van der Waals surface area contributed by atoms with Crippen molar-refractivity contribution in [3.05, 3.63) is 89.9 Å². The van der Waals surface area contributed by atoms with Gasteiger partial charge in [-0.1, -0.05) is 6.07 Å².